The first-order chi connectivity index (χ1) is 13.4. The number of aromatic nitrogens is 1. The molecule has 0 radical (unpaired) electrons. The van der Waals surface area contributed by atoms with Gasteiger partial charge in [-0.1, -0.05) is 13.8 Å². The van der Waals surface area contributed by atoms with Gasteiger partial charge < -0.3 is 10.2 Å². The summed E-state index contributed by atoms with van der Waals surface area (Å²) in [6, 6.07) is 5.60. The van der Waals surface area contributed by atoms with Gasteiger partial charge in [0.15, 0.2) is 0 Å². The fourth-order valence-corrected chi connectivity index (χ4v) is 5.08. The lowest BCUT2D eigenvalue weighted by atomic mass is 10.1. The average Bonchev–Trinajstić information content (AvgIpc) is 3.28. The standard InChI is InChI=1S/C20H24FN3O2S2/c1-12(2)8-9-22-18(25)16-10-27-11-24(16)20(26)17-13(3)23-19(28-17)14-4-6-15(21)7-5-14/h4-7,12,16H,8-11H2,1-3H3,(H,22,25)/t16-/m1/s1. The first-order valence-electron chi connectivity index (χ1n) is 9.26. The maximum atomic E-state index is 13.2. The van der Waals surface area contributed by atoms with Crippen molar-refractivity contribution < 1.29 is 14.0 Å². The molecule has 1 aliphatic rings. The largest absolute Gasteiger partial charge is 0.354 e. The fourth-order valence-electron chi connectivity index (χ4n) is 2.90. The Hall–Kier alpha value is -1.93. The molecule has 1 aromatic carbocycles. The highest BCUT2D eigenvalue weighted by Gasteiger charge is 2.36. The van der Waals surface area contributed by atoms with Crippen molar-refractivity contribution in [3.63, 3.8) is 0 Å². The number of aryl methyl sites for hydroxylation is 1. The van der Waals surface area contributed by atoms with E-state index in [-0.39, 0.29) is 17.6 Å². The number of rotatable bonds is 6. The van der Waals surface area contributed by atoms with Gasteiger partial charge in [0.25, 0.3) is 5.91 Å². The number of amides is 2. The molecule has 2 heterocycles. The van der Waals surface area contributed by atoms with Gasteiger partial charge >= 0.3 is 0 Å². The first kappa shape index (κ1) is 20.8. The SMILES string of the molecule is Cc1nc(-c2ccc(F)cc2)sc1C(=O)N1CSC[C@@H]1C(=O)NCCC(C)C. The van der Waals surface area contributed by atoms with Crippen LogP contribution in [0.4, 0.5) is 4.39 Å². The molecule has 1 aromatic heterocycles. The van der Waals surface area contributed by atoms with Crippen molar-refractivity contribution in [3.05, 3.63) is 40.7 Å². The van der Waals surface area contributed by atoms with E-state index in [4.69, 9.17) is 0 Å². The number of carbonyl (C=O) groups is 2. The van der Waals surface area contributed by atoms with E-state index in [1.165, 1.54) is 23.5 Å². The number of benzene rings is 1. The summed E-state index contributed by atoms with van der Waals surface area (Å²) >= 11 is 2.86. The number of thioether (sulfide) groups is 1. The van der Waals surface area contributed by atoms with Crippen molar-refractivity contribution in [1.29, 1.82) is 0 Å². The van der Waals surface area contributed by atoms with Gasteiger partial charge in [0.2, 0.25) is 5.91 Å². The molecule has 1 N–H and O–H groups in total. The number of thiazole rings is 1. The van der Waals surface area contributed by atoms with Gasteiger partial charge in [0.1, 0.15) is 21.7 Å². The summed E-state index contributed by atoms with van der Waals surface area (Å²) < 4.78 is 13.2. The second-order valence-electron chi connectivity index (χ2n) is 7.20. The predicted octanol–water partition coefficient (Wildman–Crippen LogP) is 3.94. The average molecular weight is 422 g/mol. The normalized spacial score (nSPS) is 16.6. The van der Waals surface area contributed by atoms with Crippen LogP contribution in [0.15, 0.2) is 24.3 Å². The summed E-state index contributed by atoms with van der Waals surface area (Å²) in [6.45, 7) is 6.63. The van der Waals surface area contributed by atoms with Crippen LogP contribution in [0, 0.1) is 18.7 Å². The van der Waals surface area contributed by atoms with E-state index in [2.05, 4.69) is 24.1 Å². The van der Waals surface area contributed by atoms with E-state index in [1.54, 1.807) is 35.7 Å². The van der Waals surface area contributed by atoms with Crippen molar-refractivity contribution >= 4 is 34.9 Å². The van der Waals surface area contributed by atoms with Crippen LogP contribution in [0.2, 0.25) is 0 Å². The molecule has 0 saturated carbocycles. The monoisotopic (exact) mass is 421 g/mol. The highest BCUT2D eigenvalue weighted by atomic mass is 32.2. The topological polar surface area (TPSA) is 62.3 Å². The summed E-state index contributed by atoms with van der Waals surface area (Å²) in [5.41, 5.74) is 1.40. The Morgan fingerprint density at radius 3 is 2.71 bits per heavy atom. The quantitative estimate of drug-likeness (QED) is 0.768. The summed E-state index contributed by atoms with van der Waals surface area (Å²) in [6.07, 6.45) is 0.911. The van der Waals surface area contributed by atoms with Gasteiger partial charge in [-0.25, -0.2) is 9.37 Å². The number of hydrogen-bond acceptors (Lipinski definition) is 5. The fraction of sp³-hybridized carbons (Fsp3) is 0.450. The third-order valence-corrected chi connectivity index (χ3v) is 6.76. The molecule has 8 heteroatoms. The van der Waals surface area contributed by atoms with Gasteiger partial charge in [-0.15, -0.1) is 23.1 Å². The van der Waals surface area contributed by atoms with Crippen molar-refractivity contribution in [2.45, 2.75) is 33.2 Å². The van der Waals surface area contributed by atoms with E-state index in [0.717, 1.165) is 12.0 Å². The molecule has 28 heavy (non-hydrogen) atoms. The predicted molar refractivity (Wildman–Crippen MR) is 112 cm³/mol. The molecule has 1 fully saturated rings. The third kappa shape index (κ3) is 4.72. The van der Waals surface area contributed by atoms with Crippen molar-refractivity contribution in [2.75, 3.05) is 18.2 Å². The second kappa shape index (κ2) is 9.05. The number of carbonyl (C=O) groups excluding carboxylic acids is 2. The van der Waals surface area contributed by atoms with Gasteiger partial charge in [0, 0.05) is 17.9 Å². The Labute approximate surface area is 172 Å². The molecule has 0 unspecified atom stereocenters. The summed E-state index contributed by atoms with van der Waals surface area (Å²) in [5.74, 6) is 1.03. The minimum atomic E-state index is -0.458. The minimum Gasteiger partial charge on any atom is -0.354 e. The molecule has 150 valence electrons. The van der Waals surface area contributed by atoms with Crippen molar-refractivity contribution in [1.82, 2.24) is 15.2 Å². The van der Waals surface area contributed by atoms with Gasteiger partial charge in [0.05, 0.1) is 11.6 Å². The lowest BCUT2D eigenvalue weighted by Gasteiger charge is -2.22. The smallest absolute Gasteiger partial charge is 0.267 e. The lowest BCUT2D eigenvalue weighted by Crippen LogP contribution is -2.47. The molecular weight excluding hydrogens is 397 g/mol. The summed E-state index contributed by atoms with van der Waals surface area (Å²) in [5, 5.41) is 3.62. The molecular formula is C20H24FN3O2S2. The first-order valence-corrected chi connectivity index (χ1v) is 11.2. The summed E-state index contributed by atoms with van der Waals surface area (Å²) in [4.78, 5) is 32.3. The van der Waals surface area contributed by atoms with Crippen LogP contribution in [-0.2, 0) is 4.79 Å². The van der Waals surface area contributed by atoms with Gasteiger partial charge in [-0.2, -0.15) is 0 Å². The van der Waals surface area contributed by atoms with Gasteiger partial charge in [-0.3, -0.25) is 9.59 Å². The molecule has 1 saturated heterocycles. The maximum absolute atomic E-state index is 13.2. The highest BCUT2D eigenvalue weighted by molar-refractivity contribution is 7.99. The van der Waals surface area contributed by atoms with Gasteiger partial charge in [-0.05, 0) is 43.5 Å². The Morgan fingerprint density at radius 1 is 1.32 bits per heavy atom. The maximum Gasteiger partial charge on any atom is 0.267 e. The second-order valence-corrected chi connectivity index (χ2v) is 9.20. The third-order valence-electron chi connectivity index (χ3n) is 4.55. The molecule has 2 aromatic rings. The molecule has 5 nitrogen and oxygen atoms in total. The minimum absolute atomic E-state index is 0.0973. The van der Waals surface area contributed by atoms with Crippen LogP contribution in [0.5, 0.6) is 0 Å². The van der Waals surface area contributed by atoms with Crippen LogP contribution in [0.3, 0.4) is 0 Å². The Bertz CT molecular complexity index is 852. The molecule has 1 atom stereocenters. The van der Waals surface area contributed by atoms with E-state index < -0.39 is 6.04 Å². The number of nitrogens with zero attached hydrogens (tertiary/aromatic N) is 2. The van der Waals surface area contributed by atoms with E-state index in [0.29, 0.717) is 39.7 Å². The number of hydrogen-bond donors (Lipinski definition) is 1. The van der Waals surface area contributed by atoms with Crippen LogP contribution in [0.1, 0.15) is 35.6 Å². The molecule has 0 aliphatic carbocycles. The lowest BCUT2D eigenvalue weighted by molar-refractivity contribution is -0.124. The molecule has 1 aliphatic heterocycles. The van der Waals surface area contributed by atoms with Crippen molar-refractivity contribution in [2.24, 2.45) is 5.92 Å². The Morgan fingerprint density at radius 2 is 2.04 bits per heavy atom. The van der Waals surface area contributed by atoms with Crippen LogP contribution in [-0.4, -0.2) is 45.9 Å². The molecule has 0 spiro atoms. The van der Waals surface area contributed by atoms with E-state index in [1.807, 2.05) is 0 Å². The highest BCUT2D eigenvalue weighted by Crippen LogP contribution is 2.31. The zero-order valence-electron chi connectivity index (χ0n) is 16.2. The number of halogens is 1. The zero-order chi connectivity index (χ0) is 20.3. The molecule has 2 amide bonds. The van der Waals surface area contributed by atoms with Crippen LogP contribution in [0.25, 0.3) is 10.6 Å². The van der Waals surface area contributed by atoms with Crippen molar-refractivity contribution in [3.8, 4) is 10.6 Å². The van der Waals surface area contributed by atoms with E-state index >= 15 is 0 Å². The van der Waals surface area contributed by atoms with Crippen LogP contribution < -0.4 is 5.32 Å². The molecule has 3 rings (SSSR count). The summed E-state index contributed by atoms with van der Waals surface area (Å²) in [7, 11) is 0. The molecule has 0 bridgehead atoms. The van der Waals surface area contributed by atoms with E-state index in [9.17, 15) is 14.0 Å². The zero-order valence-corrected chi connectivity index (χ0v) is 17.8. The Balaban J connectivity index is 1.73. The number of nitrogens with one attached hydrogen (secondary N) is 1. The Kier molecular flexibility index (Phi) is 6.72. The van der Waals surface area contributed by atoms with Crippen LogP contribution >= 0.6 is 23.1 Å².